The second-order valence-electron chi connectivity index (χ2n) is 6.44. The number of amides is 1. The fourth-order valence-corrected chi connectivity index (χ4v) is 3.15. The van der Waals surface area contributed by atoms with E-state index in [0.717, 1.165) is 0 Å². The van der Waals surface area contributed by atoms with Crippen LogP contribution < -0.4 is 5.32 Å². The molecule has 1 aromatic heterocycles. The summed E-state index contributed by atoms with van der Waals surface area (Å²) >= 11 is 0. The monoisotopic (exact) mass is 518 g/mol. The third-order valence-corrected chi connectivity index (χ3v) is 4.62. The number of furan rings is 1. The molecule has 0 aliphatic carbocycles. The number of carbonyl (C=O) groups excluding carboxylic acids is 1. The SMILES string of the molecule is CCNC(=NCCc1c(F)cccc1F)N1CCN(C(=O)c2ccco2)CC1.I. The van der Waals surface area contributed by atoms with Gasteiger partial charge in [0.25, 0.3) is 5.91 Å². The summed E-state index contributed by atoms with van der Waals surface area (Å²) < 4.78 is 32.7. The molecule has 0 radical (unpaired) electrons. The van der Waals surface area contributed by atoms with Gasteiger partial charge in [-0.3, -0.25) is 9.79 Å². The number of carbonyl (C=O) groups is 1. The Morgan fingerprint density at radius 1 is 1.10 bits per heavy atom. The Morgan fingerprint density at radius 3 is 2.34 bits per heavy atom. The van der Waals surface area contributed by atoms with Gasteiger partial charge in [-0.1, -0.05) is 6.07 Å². The third kappa shape index (κ3) is 5.91. The topological polar surface area (TPSA) is 61.1 Å². The van der Waals surface area contributed by atoms with Crippen LogP contribution in [0.2, 0.25) is 0 Å². The Hall–Kier alpha value is -2.17. The van der Waals surface area contributed by atoms with Crippen molar-refractivity contribution in [3.05, 3.63) is 59.6 Å². The van der Waals surface area contributed by atoms with Gasteiger partial charge in [-0.05, 0) is 37.6 Å². The second-order valence-corrected chi connectivity index (χ2v) is 6.44. The van der Waals surface area contributed by atoms with Gasteiger partial charge in [0.05, 0.1) is 6.26 Å². The van der Waals surface area contributed by atoms with Crippen LogP contribution in [0.1, 0.15) is 23.0 Å². The van der Waals surface area contributed by atoms with Crippen LogP contribution in [0, 0.1) is 11.6 Å². The number of nitrogens with one attached hydrogen (secondary N) is 1. The van der Waals surface area contributed by atoms with Gasteiger partial charge < -0.3 is 19.5 Å². The maximum absolute atomic E-state index is 13.8. The van der Waals surface area contributed by atoms with Gasteiger partial charge in [0.1, 0.15) is 11.6 Å². The standard InChI is InChI=1S/C20H24F2N4O2.HI/c1-2-23-20(24-9-8-15-16(21)5-3-6-17(15)22)26-12-10-25(11-13-26)19(27)18-7-4-14-28-18;/h3-7,14H,2,8-13H2,1H3,(H,23,24);1H. The molecule has 1 aliphatic rings. The molecular weight excluding hydrogens is 493 g/mol. The molecule has 0 bridgehead atoms. The van der Waals surface area contributed by atoms with Crippen molar-refractivity contribution in [3.63, 3.8) is 0 Å². The molecule has 1 aliphatic heterocycles. The number of aliphatic imine (C=N–C) groups is 1. The fourth-order valence-electron chi connectivity index (χ4n) is 3.15. The largest absolute Gasteiger partial charge is 0.459 e. The second kappa shape index (κ2) is 11.1. The maximum Gasteiger partial charge on any atom is 0.289 e. The van der Waals surface area contributed by atoms with Crippen molar-refractivity contribution < 1.29 is 18.0 Å². The van der Waals surface area contributed by atoms with Crippen LogP contribution in [0.5, 0.6) is 0 Å². The summed E-state index contributed by atoms with van der Waals surface area (Å²) in [5, 5.41) is 3.21. The molecule has 158 valence electrons. The number of piperazine rings is 1. The van der Waals surface area contributed by atoms with Crippen molar-refractivity contribution in [2.75, 3.05) is 39.3 Å². The number of nitrogens with zero attached hydrogens (tertiary/aromatic N) is 3. The van der Waals surface area contributed by atoms with Crippen LogP contribution in [0.4, 0.5) is 8.78 Å². The molecule has 29 heavy (non-hydrogen) atoms. The first-order valence-corrected chi connectivity index (χ1v) is 9.39. The van der Waals surface area contributed by atoms with E-state index in [2.05, 4.69) is 10.3 Å². The zero-order valence-electron chi connectivity index (χ0n) is 16.2. The minimum atomic E-state index is -0.551. The van der Waals surface area contributed by atoms with Gasteiger partial charge in [-0.25, -0.2) is 8.78 Å². The summed E-state index contributed by atoms with van der Waals surface area (Å²) in [5.41, 5.74) is 0.0518. The highest BCUT2D eigenvalue weighted by Gasteiger charge is 2.25. The predicted octanol–water partition coefficient (Wildman–Crippen LogP) is 3.14. The Balaban J connectivity index is 0.00000300. The lowest BCUT2D eigenvalue weighted by Gasteiger charge is -2.36. The van der Waals surface area contributed by atoms with Crippen molar-refractivity contribution in [1.82, 2.24) is 15.1 Å². The van der Waals surface area contributed by atoms with E-state index >= 15 is 0 Å². The summed E-state index contributed by atoms with van der Waals surface area (Å²) in [6.45, 7) is 5.24. The summed E-state index contributed by atoms with van der Waals surface area (Å²) in [5.74, 6) is -0.206. The van der Waals surface area contributed by atoms with Gasteiger partial charge in [-0.15, -0.1) is 24.0 Å². The molecule has 0 atom stereocenters. The Labute approximate surface area is 186 Å². The summed E-state index contributed by atoms with van der Waals surface area (Å²) in [4.78, 5) is 20.7. The van der Waals surface area contributed by atoms with Gasteiger partial charge in [0, 0.05) is 44.8 Å². The summed E-state index contributed by atoms with van der Waals surface area (Å²) in [7, 11) is 0. The molecule has 0 unspecified atom stereocenters. The molecule has 0 spiro atoms. The zero-order chi connectivity index (χ0) is 19.9. The van der Waals surface area contributed by atoms with E-state index in [0.29, 0.717) is 44.4 Å². The van der Waals surface area contributed by atoms with Gasteiger partial charge in [-0.2, -0.15) is 0 Å². The normalized spacial score (nSPS) is 14.5. The van der Waals surface area contributed by atoms with Gasteiger partial charge in [0.2, 0.25) is 0 Å². The quantitative estimate of drug-likeness (QED) is 0.376. The predicted molar refractivity (Wildman–Crippen MR) is 118 cm³/mol. The Kier molecular flexibility index (Phi) is 8.87. The van der Waals surface area contributed by atoms with E-state index in [4.69, 9.17) is 4.42 Å². The molecule has 2 heterocycles. The molecule has 1 aromatic carbocycles. The average molecular weight is 518 g/mol. The highest BCUT2D eigenvalue weighted by Crippen LogP contribution is 2.13. The molecule has 1 N–H and O–H groups in total. The molecular formula is C20H25F2IN4O2. The smallest absolute Gasteiger partial charge is 0.289 e. The molecule has 6 nitrogen and oxygen atoms in total. The first kappa shape index (κ1) is 23.1. The van der Waals surface area contributed by atoms with E-state index in [1.807, 2.05) is 11.8 Å². The first-order chi connectivity index (χ1) is 13.6. The van der Waals surface area contributed by atoms with Crippen LogP contribution in [0.15, 0.2) is 46.0 Å². The lowest BCUT2D eigenvalue weighted by Crippen LogP contribution is -2.53. The highest BCUT2D eigenvalue weighted by atomic mass is 127. The molecule has 1 amide bonds. The van der Waals surface area contributed by atoms with Crippen molar-refractivity contribution in [2.24, 2.45) is 4.99 Å². The van der Waals surface area contributed by atoms with Crippen molar-refractivity contribution >= 4 is 35.8 Å². The van der Waals surface area contributed by atoms with Gasteiger partial charge >= 0.3 is 0 Å². The van der Waals surface area contributed by atoms with Crippen molar-refractivity contribution in [3.8, 4) is 0 Å². The van der Waals surface area contributed by atoms with Crippen LogP contribution in [-0.2, 0) is 6.42 Å². The lowest BCUT2D eigenvalue weighted by atomic mass is 10.1. The zero-order valence-corrected chi connectivity index (χ0v) is 18.6. The van der Waals surface area contributed by atoms with Crippen LogP contribution in [0.25, 0.3) is 0 Å². The van der Waals surface area contributed by atoms with E-state index in [-0.39, 0.29) is 48.4 Å². The van der Waals surface area contributed by atoms with E-state index in [1.165, 1.54) is 24.5 Å². The van der Waals surface area contributed by atoms with Crippen molar-refractivity contribution in [1.29, 1.82) is 0 Å². The Morgan fingerprint density at radius 2 is 1.76 bits per heavy atom. The molecule has 1 saturated heterocycles. The minimum absolute atomic E-state index is 0. The van der Waals surface area contributed by atoms with E-state index < -0.39 is 11.6 Å². The molecule has 9 heteroatoms. The summed E-state index contributed by atoms with van der Waals surface area (Å²) in [6.07, 6.45) is 1.67. The number of halogens is 3. The molecule has 3 rings (SSSR count). The lowest BCUT2D eigenvalue weighted by molar-refractivity contribution is 0.0657. The van der Waals surface area contributed by atoms with E-state index in [1.54, 1.807) is 17.0 Å². The minimum Gasteiger partial charge on any atom is -0.459 e. The number of benzene rings is 1. The number of rotatable bonds is 5. The number of guanidine groups is 1. The molecule has 0 saturated carbocycles. The Bertz CT molecular complexity index is 802. The van der Waals surface area contributed by atoms with E-state index in [9.17, 15) is 13.6 Å². The third-order valence-electron chi connectivity index (χ3n) is 4.62. The van der Waals surface area contributed by atoms with Crippen LogP contribution in [0.3, 0.4) is 0 Å². The van der Waals surface area contributed by atoms with Crippen molar-refractivity contribution in [2.45, 2.75) is 13.3 Å². The number of hydrogen-bond acceptors (Lipinski definition) is 3. The highest BCUT2D eigenvalue weighted by molar-refractivity contribution is 14.0. The average Bonchev–Trinajstić information content (AvgIpc) is 3.24. The molecule has 1 fully saturated rings. The molecule has 2 aromatic rings. The van der Waals surface area contributed by atoms with Crippen LogP contribution in [-0.4, -0.2) is 60.9 Å². The fraction of sp³-hybridized carbons (Fsp3) is 0.400. The summed E-state index contributed by atoms with van der Waals surface area (Å²) in [6, 6.07) is 7.20. The maximum atomic E-state index is 13.8. The first-order valence-electron chi connectivity index (χ1n) is 9.39. The van der Waals surface area contributed by atoms with Gasteiger partial charge in [0.15, 0.2) is 11.7 Å². The van der Waals surface area contributed by atoms with Crippen LogP contribution >= 0.6 is 24.0 Å². The number of hydrogen-bond donors (Lipinski definition) is 1.